The molecule has 1 unspecified atom stereocenters. The van der Waals surface area contributed by atoms with Crippen LogP contribution in [0, 0.1) is 0 Å². The monoisotopic (exact) mass is 255 g/mol. The van der Waals surface area contributed by atoms with Crippen molar-refractivity contribution in [3.63, 3.8) is 0 Å². The molecule has 4 heteroatoms. The zero-order valence-corrected chi connectivity index (χ0v) is 9.08. The van der Waals surface area contributed by atoms with E-state index in [4.69, 9.17) is 4.74 Å². The van der Waals surface area contributed by atoms with Gasteiger partial charge in [-0.25, -0.2) is 0 Å². The van der Waals surface area contributed by atoms with Crippen molar-refractivity contribution in [2.24, 2.45) is 0 Å². The van der Waals surface area contributed by atoms with E-state index in [1.165, 1.54) is 0 Å². The van der Waals surface area contributed by atoms with Crippen LogP contribution in [0.4, 0.5) is 0 Å². The highest BCUT2D eigenvalue weighted by atomic mass is 79.9. The molecular weight excluding hydrogens is 246 g/mol. The molecule has 1 aliphatic rings. The van der Waals surface area contributed by atoms with Crippen LogP contribution in [0.15, 0.2) is 24.3 Å². The third-order valence-electron chi connectivity index (χ3n) is 2.16. The van der Waals surface area contributed by atoms with Gasteiger partial charge in [-0.05, 0) is 6.07 Å². The fourth-order valence-electron chi connectivity index (χ4n) is 1.52. The Morgan fingerprint density at radius 3 is 3.14 bits per heavy atom. The van der Waals surface area contributed by atoms with E-state index in [-0.39, 0.29) is 11.9 Å². The first-order valence-electron chi connectivity index (χ1n) is 4.38. The van der Waals surface area contributed by atoms with Crippen LogP contribution in [-0.2, 0) is 4.79 Å². The van der Waals surface area contributed by atoms with Crippen LogP contribution in [0.25, 0.3) is 0 Å². The Balaban J connectivity index is 2.14. The molecule has 0 fully saturated rings. The number of hydrogen-bond donors (Lipinski definition) is 1. The molecular formula is C10H10BrNO2. The van der Waals surface area contributed by atoms with E-state index in [2.05, 4.69) is 21.2 Å². The molecule has 0 aliphatic carbocycles. The van der Waals surface area contributed by atoms with Gasteiger partial charge >= 0.3 is 0 Å². The summed E-state index contributed by atoms with van der Waals surface area (Å²) in [5, 5.41) is 3.20. The second kappa shape index (κ2) is 4.00. The Morgan fingerprint density at radius 2 is 2.36 bits per heavy atom. The first-order chi connectivity index (χ1) is 6.81. The van der Waals surface area contributed by atoms with E-state index in [9.17, 15) is 4.79 Å². The number of fused-ring (bicyclic) bond motifs is 1. The van der Waals surface area contributed by atoms with Crippen molar-refractivity contribution in [1.82, 2.24) is 5.32 Å². The Labute approximate surface area is 90.6 Å². The van der Waals surface area contributed by atoms with Crippen molar-refractivity contribution in [3.8, 4) is 5.75 Å². The molecule has 1 amide bonds. The van der Waals surface area contributed by atoms with Crippen molar-refractivity contribution >= 4 is 21.8 Å². The topological polar surface area (TPSA) is 38.3 Å². The van der Waals surface area contributed by atoms with Crippen molar-refractivity contribution < 1.29 is 9.53 Å². The van der Waals surface area contributed by atoms with Crippen LogP contribution in [0.1, 0.15) is 11.6 Å². The third kappa shape index (κ3) is 1.75. The standard InChI is InChI=1S/C10H10BrNO2/c11-5-10(13)12-8-6-14-9-4-2-1-3-7(8)9/h1-4,8H,5-6H2,(H,12,13). The molecule has 1 atom stereocenters. The smallest absolute Gasteiger partial charge is 0.231 e. The van der Waals surface area contributed by atoms with Crippen molar-refractivity contribution in [2.75, 3.05) is 11.9 Å². The van der Waals surface area contributed by atoms with Gasteiger partial charge in [0.15, 0.2) is 0 Å². The fourth-order valence-corrected chi connectivity index (χ4v) is 1.68. The summed E-state index contributed by atoms with van der Waals surface area (Å²) in [5.74, 6) is 0.850. The second-order valence-electron chi connectivity index (χ2n) is 3.10. The van der Waals surface area contributed by atoms with Crippen molar-refractivity contribution in [2.45, 2.75) is 6.04 Å². The Morgan fingerprint density at radius 1 is 1.57 bits per heavy atom. The zero-order valence-electron chi connectivity index (χ0n) is 7.50. The summed E-state index contributed by atoms with van der Waals surface area (Å²) in [7, 11) is 0. The van der Waals surface area contributed by atoms with Gasteiger partial charge in [0, 0.05) is 5.56 Å². The highest BCUT2D eigenvalue weighted by molar-refractivity contribution is 9.09. The maximum absolute atomic E-state index is 11.2. The second-order valence-corrected chi connectivity index (χ2v) is 3.66. The van der Waals surface area contributed by atoms with E-state index in [0.29, 0.717) is 11.9 Å². The molecule has 3 nitrogen and oxygen atoms in total. The molecule has 1 N–H and O–H groups in total. The van der Waals surface area contributed by atoms with Gasteiger partial charge in [-0.2, -0.15) is 0 Å². The minimum absolute atomic E-state index is 0.00347. The largest absolute Gasteiger partial charge is 0.491 e. The summed E-state index contributed by atoms with van der Waals surface area (Å²) in [5.41, 5.74) is 1.06. The highest BCUT2D eigenvalue weighted by Gasteiger charge is 2.24. The molecule has 1 aliphatic heterocycles. The van der Waals surface area contributed by atoms with E-state index < -0.39 is 0 Å². The summed E-state index contributed by atoms with van der Waals surface area (Å²) in [6.45, 7) is 0.526. The van der Waals surface area contributed by atoms with Crippen LogP contribution in [-0.4, -0.2) is 17.8 Å². The maximum atomic E-state index is 11.2. The number of ether oxygens (including phenoxy) is 1. The zero-order chi connectivity index (χ0) is 9.97. The molecule has 0 aromatic heterocycles. The highest BCUT2D eigenvalue weighted by Crippen LogP contribution is 2.31. The first kappa shape index (κ1) is 9.52. The van der Waals surface area contributed by atoms with Crippen LogP contribution in [0.5, 0.6) is 5.75 Å². The Kier molecular flexibility index (Phi) is 2.72. The lowest BCUT2D eigenvalue weighted by atomic mass is 10.1. The summed E-state index contributed by atoms with van der Waals surface area (Å²) < 4.78 is 5.43. The number of carbonyl (C=O) groups excluding carboxylic acids is 1. The van der Waals surface area contributed by atoms with Gasteiger partial charge < -0.3 is 10.1 Å². The van der Waals surface area contributed by atoms with E-state index in [0.717, 1.165) is 11.3 Å². The van der Waals surface area contributed by atoms with Crippen LogP contribution < -0.4 is 10.1 Å². The number of para-hydroxylation sites is 1. The van der Waals surface area contributed by atoms with Gasteiger partial charge in [0.2, 0.25) is 5.91 Å². The Bertz CT molecular complexity index is 354. The number of carbonyl (C=O) groups is 1. The predicted molar refractivity (Wildman–Crippen MR) is 56.6 cm³/mol. The number of nitrogens with one attached hydrogen (secondary N) is 1. The summed E-state index contributed by atoms with van der Waals surface area (Å²) >= 11 is 3.11. The molecule has 0 saturated carbocycles. The van der Waals surface area contributed by atoms with Gasteiger partial charge in [-0.3, -0.25) is 4.79 Å². The molecule has 0 spiro atoms. The number of rotatable bonds is 2. The third-order valence-corrected chi connectivity index (χ3v) is 2.67. The van der Waals surface area contributed by atoms with Crippen LogP contribution in [0.3, 0.4) is 0 Å². The lowest BCUT2D eigenvalue weighted by molar-refractivity contribution is -0.119. The molecule has 0 saturated heterocycles. The average molecular weight is 256 g/mol. The lowest BCUT2D eigenvalue weighted by Gasteiger charge is -2.09. The van der Waals surface area contributed by atoms with Gasteiger partial charge in [0.1, 0.15) is 12.4 Å². The summed E-state index contributed by atoms with van der Waals surface area (Å²) in [6.07, 6.45) is 0. The van der Waals surface area contributed by atoms with Gasteiger partial charge in [0.05, 0.1) is 11.4 Å². The summed E-state index contributed by atoms with van der Waals surface area (Å²) in [6, 6.07) is 7.75. The number of benzene rings is 1. The maximum Gasteiger partial charge on any atom is 0.231 e. The van der Waals surface area contributed by atoms with Crippen LogP contribution >= 0.6 is 15.9 Å². The average Bonchev–Trinajstić information content (AvgIpc) is 2.62. The van der Waals surface area contributed by atoms with E-state index >= 15 is 0 Å². The summed E-state index contributed by atoms with van der Waals surface area (Å²) in [4.78, 5) is 11.2. The molecule has 1 aromatic carbocycles. The number of amides is 1. The molecule has 2 rings (SSSR count). The molecule has 1 heterocycles. The molecule has 14 heavy (non-hydrogen) atoms. The van der Waals surface area contributed by atoms with Crippen LogP contribution in [0.2, 0.25) is 0 Å². The Hall–Kier alpha value is -1.03. The minimum Gasteiger partial charge on any atom is -0.491 e. The SMILES string of the molecule is O=C(CBr)NC1COc2ccccc21. The molecule has 74 valence electrons. The van der Waals surface area contributed by atoms with E-state index in [1.54, 1.807) is 0 Å². The number of hydrogen-bond acceptors (Lipinski definition) is 2. The fraction of sp³-hybridized carbons (Fsp3) is 0.300. The van der Waals surface area contributed by atoms with E-state index in [1.807, 2.05) is 24.3 Å². The minimum atomic E-state index is -0.0182. The molecule has 0 bridgehead atoms. The molecule has 0 radical (unpaired) electrons. The van der Waals surface area contributed by atoms with Crippen molar-refractivity contribution in [3.05, 3.63) is 29.8 Å². The van der Waals surface area contributed by atoms with Gasteiger partial charge in [-0.15, -0.1) is 0 Å². The lowest BCUT2D eigenvalue weighted by Crippen LogP contribution is -2.30. The van der Waals surface area contributed by atoms with Gasteiger partial charge in [0.25, 0.3) is 0 Å². The number of halogens is 1. The number of alkyl halides is 1. The first-order valence-corrected chi connectivity index (χ1v) is 5.50. The molecule has 1 aromatic rings. The van der Waals surface area contributed by atoms with Gasteiger partial charge in [-0.1, -0.05) is 34.1 Å². The van der Waals surface area contributed by atoms with Crippen molar-refractivity contribution in [1.29, 1.82) is 0 Å². The quantitative estimate of drug-likeness (QED) is 0.817. The normalized spacial score (nSPS) is 18.5. The predicted octanol–water partition coefficient (Wildman–Crippen LogP) is 1.63.